The average molecular weight is 218 g/mol. The minimum Gasteiger partial charge on any atom is -0.493 e. The van der Waals surface area contributed by atoms with Crippen LogP contribution in [-0.2, 0) is 0 Å². The van der Waals surface area contributed by atoms with Gasteiger partial charge in [0.05, 0.1) is 14.2 Å². The molecule has 84 valence electrons. The van der Waals surface area contributed by atoms with Crippen LogP contribution in [0, 0.1) is 12.3 Å². The first kappa shape index (κ1) is 12.1. The van der Waals surface area contributed by atoms with Crippen molar-refractivity contribution < 1.29 is 14.3 Å². The van der Waals surface area contributed by atoms with Crippen molar-refractivity contribution in [2.75, 3.05) is 14.2 Å². The summed E-state index contributed by atoms with van der Waals surface area (Å²) in [5.74, 6) is 3.61. The molecular formula is C13H14O3. The Balaban J connectivity index is 2.91. The number of carbonyl (C=O) groups excluding carboxylic acids is 1. The Morgan fingerprint density at radius 1 is 1.31 bits per heavy atom. The molecule has 1 aromatic rings. The van der Waals surface area contributed by atoms with E-state index in [2.05, 4.69) is 5.92 Å². The fourth-order valence-corrected chi connectivity index (χ4v) is 1.34. The van der Waals surface area contributed by atoms with Crippen LogP contribution in [0.3, 0.4) is 0 Å². The van der Waals surface area contributed by atoms with Gasteiger partial charge in [-0.2, -0.15) is 0 Å². The van der Waals surface area contributed by atoms with Gasteiger partial charge in [-0.25, -0.2) is 0 Å². The first-order valence-electron chi connectivity index (χ1n) is 4.91. The molecule has 0 atom stereocenters. The molecule has 0 amide bonds. The topological polar surface area (TPSA) is 35.5 Å². The molecule has 0 radical (unpaired) electrons. The molecule has 1 rings (SSSR count). The molecule has 0 aliphatic rings. The molecule has 0 spiro atoms. The van der Waals surface area contributed by atoms with E-state index in [-0.39, 0.29) is 5.78 Å². The van der Waals surface area contributed by atoms with Crippen molar-refractivity contribution >= 4 is 5.78 Å². The van der Waals surface area contributed by atoms with E-state index in [0.29, 0.717) is 29.9 Å². The van der Waals surface area contributed by atoms with Crippen molar-refractivity contribution in [1.29, 1.82) is 0 Å². The molecular weight excluding hydrogens is 204 g/mol. The first-order valence-corrected chi connectivity index (χ1v) is 4.91. The van der Waals surface area contributed by atoms with E-state index in [4.69, 9.17) is 15.9 Å². The summed E-state index contributed by atoms with van der Waals surface area (Å²) in [5, 5.41) is 0. The van der Waals surface area contributed by atoms with E-state index in [9.17, 15) is 4.79 Å². The van der Waals surface area contributed by atoms with Crippen molar-refractivity contribution in [3.8, 4) is 23.8 Å². The highest BCUT2D eigenvalue weighted by molar-refractivity contribution is 5.96. The summed E-state index contributed by atoms with van der Waals surface area (Å²) < 4.78 is 10.2. The number of methoxy groups -OCH3 is 2. The van der Waals surface area contributed by atoms with Crippen LogP contribution in [0.1, 0.15) is 23.2 Å². The summed E-state index contributed by atoms with van der Waals surface area (Å²) in [6, 6.07) is 5.08. The molecule has 0 bridgehead atoms. The van der Waals surface area contributed by atoms with Gasteiger partial charge in [0, 0.05) is 18.4 Å². The third kappa shape index (κ3) is 2.77. The monoisotopic (exact) mass is 218 g/mol. The molecule has 3 heteroatoms. The maximum absolute atomic E-state index is 11.7. The Hall–Kier alpha value is -1.95. The number of Topliss-reactive ketones (excluding diaryl/α,β-unsaturated/α-hetero) is 1. The molecule has 0 aromatic heterocycles. The van der Waals surface area contributed by atoms with Crippen molar-refractivity contribution in [1.82, 2.24) is 0 Å². The standard InChI is InChI=1S/C13H14O3/c1-4-5-6-11(14)10-7-8-12(15-2)13(9-10)16-3/h1,7-9H,5-6H2,2-3H3. The Labute approximate surface area is 95.4 Å². The van der Waals surface area contributed by atoms with Crippen LogP contribution in [0.15, 0.2) is 18.2 Å². The largest absolute Gasteiger partial charge is 0.493 e. The van der Waals surface area contributed by atoms with Crippen LogP contribution >= 0.6 is 0 Å². The number of hydrogen-bond donors (Lipinski definition) is 0. The van der Waals surface area contributed by atoms with Gasteiger partial charge in [-0.3, -0.25) is 4.79 Å². The summed E-state index contributed by atoms with van der Waals surface area (Å²) in [4.78, 5) is 11.7. The van der Waals surface area contributed by atoms with Crippen LogP contribution in [0.25, 0.3) is 0 Å². The van der Waals surface area contributed by atoms with Gasteiger partial charge in [-0.1, -0.05) is 0 Å². The van der Waals surface area contributed by atoms with Crippen LogP contribution in [0.4, 0.5) is 0 Å². The number of hydrogen-bond acceptors (Lipinski definition) is 3. The van der Waals surface area contributed by atoms with Gasteiger partial charge >= 0.3 is 0 Å². The molecule has 16 heavy (non-hydrogen) atoms. The van der Waals surface area contributed by atoms with E-state index in [0.717, 1.165) is 0 Å². The highest BCUT2D eigenvalue weighted by Gasteiger charge is 2.09. The molecule has 0 saturated carbocycles. The average Bonchev–Trinajstić information content (AvgIpc) is 2.34. The van der Waals surface area contributed by atoms with Crippen LogP contribution in [0.5, 0.6) is 11.5 Å². The minimum atomic E-state index is 0.0129. The van der Waals surface area contributed by atoms with E-state index in [1.165, 1.54) is 7.11 Å². The normalized spacial score (nSPS) is 9.31. The van der Waals surface area contributed by atoms with Crippen LogP contribution in [-0.4, -0.2) is 20.0 Å². The zero-order valence-electron chi connectivity index (χ0n) is 9.45. The second-order valence-corrected chi connectivity index (χ2v) is 3.20. The lowest BCUT2D eigenvalue weighted by Crippen LogP contribution is -2.00. The summed E-state index contributed by atoms with van der Waals surface area (Å²) in [7, 11) is 3.09. The van der Waals surface area contributed by atoms with Crippen molar-refractivity contribution in [2.24, 2.45) is 0 Å². The van der Waals surface area contributed by atoms with Crippen LogP contribution < -0.4 is 9.47 Å². The molecule has 0 fully saturated rings. The number of ketones is 1. The Morgan fingerprint density at radius 2 is 2.00 bits per heavy atom. The zero-order chi connectivity index (χ0) is 12.0. The molecule has 0 saturated heterocycles. The van der Waals surface area contributed by atoms with E-state index >= 15 is 0 Å². The van der Waals surface area contributed by atoms with E-state index < -0.39 is 0 Å². The summed E-state index contributed by atoms with van der Waals surface area (Å²) in [6.07, 6.45) is 5.91. The smallest absolute Gasteiger partial charge is 0.163 e. The SMILES string of the molecule is C#CCCC(=O)c1ccc(OC)c(OC)c1. The van der Waals surface area contributed by atoms with Crippen molar-refractivity contribution in [2.45, 2.75) is 12.8 Å². The molecule has 1 aromatic carbocycles. The summed E-state index contributed by atoms with van der Waals surface area (Å²) >= 11 is 0. The molecule has 3 nitrogen and oxygen atoms in total. The summed E-state index contributed by atoms with van der Waals surface area (Å²) in [6.45, 7) is 0. The first-order chi connectivity index (χ1) is 7.72. The van der Waals surface area contributed by atoms with Crippen molar-refractivity contribution in [3.05, 3.63) is 23.8 Å². The molecule has 0 aliphatic heterocycles. The Kier molecular flexibility index (Phi) is 4.41. The number of carbonyl (C=O) groups is 1. The number of terminal acetylenes is 1. The zero-order valence-corrected chi connectivity index (χ0v) is 9.45. The fraction of sp³-hybridized carbons (Fsp3) is 0.308. The Morgan fingerprint density at radius 3 is 2.56 bits per heavy atom. The lowest BCUT2D eigenvalue weighted by molar-refractivity contribution is 0.0984. The molecule has 0 heterocycles. The predicted molar refractivity (Wildman–Crippen MR) is 61.9 cm³/mol. The van der Waals surface area contributed by atoms with Gasteiger partial charge in [0.15, 0.2) is 17.3 Å². The minimum absolute atomic E-state index is 0.0129. The van der Waals surface area contributed by atoms with Crippen LogP contribution in [0.2, 0.25) is 0 Å². The molecule has 0 unspecified atom stereocenters. The van der Waals surface area contributed by atoms with Gasteiger partial charge in [0.25, 0.3) is 0 Å². The highest BCUT2D eigenvalue weighted by atomic mass is 16.5. The van der Waals surface area contributed by atoms with Gasteiger partial charge in [-0.15, -0.1) is 12.3 Å². The van der Waals surface area contributed by atoms with E-state index in [1.54, 1.807) is 25.3 Å². The van der Waals surface area contributed by atoms with Gasteiger partial charge < -0.3 is 9.47 Å². The van der Waals surface area contributed by atoms with E-state index in [1.807, 2.05) is 0 Å². The second-order valence-electron chi connectivity index (χ2n) is 3.20. The maximum Gasteiger partial charge on any atom is 0.163 e. The summed E-state index contributed by atoms with van der Waals surface area (Å²) in [5.41, 5.74) is 0.591. The lowest BCUT2D eigenvalue weighted by atomic mass is 10.1. The molecule has 0 aliphatic carbocycles. The third-order valence-corrected chi connectivity index (χ3v) is 2.20. The lowest BCUT2D eigenvalue weighted by Gasteiger charge is -2.08. The Bertz CT molecular complexity index is 416. The number of rotatable bonds is 5. The maximum atomic E-state index is 11.7. The third-order valence-electron chi connectivity index (χ3n) is 2.20. The van der Waals surface area contributed by atoms with Gasteiger partial charge in [0.2, 0.25) is 0 Å². The second kappa shape index (κ2) is 5.82. The number of ether oxygens (including phenoxy) is 2. The van der Waals surface area contributed by atoms with Gasteiger partial charge in [-0.05, 0) is 18.2 Å². The highest BCUT2D eigenvalue weighted by Crippen LogP contribution is 2.28. The molecule has 0 N–H and O–H groups in total. The fourth-order valence-electron chi connectivity index (χ4n) is 1.34. The number of benzene rings is 1. The predicted octanol–water partition coefficient (Wildman–Crippen LogP) is 2.30. The van der Waals surface area contributed by atoms with Gasteiger partial charge in [0.1, 0.15) is 0 Å². The quantitative estimate of drug-likeness (QED) is 0.562. The van der Waals surface area contributed by atoms with Crippen molar-refractivity contribution in [3.63, 3.8) is 0 Å².